The molecule has 6 nitrogen and oxygen atoms in total. The van der Waals surface area contributed by atoms with E-state index in [1.54, 1.807) is 0 Å². The van der Waals surface area contributed by atoms with Gasteiger partial charge in [0.15, 0.2) is 0 Å². The maximum Gasteiger partial charge on any atom is 0.272 e. The van der Waals surface area contributed by atoms with Crippen LogP contribution >= 0.6 is 0 Å². The minimum Gasteiger partial charge on any atom is -0.394 e. The van der Waals surface area contributed by atoms with Gasteiger partial charge in [0.25, 0.3) is 11.5 Å². The molecule has 0 aliphatic heterocycles. The number of nitrogens with one attached hydrogen (secondary N) is 1. The molecule has 0 radical (unpaired) electrons. The van der Waals surface area contributed by atoms with Gasteiger partial charge in [-0.1, -0.05) is 43.7 Å². The molecule has 6 heteroatoms. The molecule has 0 bridgehead atoms. The summed E-state index contributed by atoms with van der Waals surface area (Å²) in [5.74, 6) is -0.418. The van der Waals surface area contributed by atoms with E-state index in [0.29, 0.717) is 6.54 Å². The van der Waals surface area contributed by atoms with Gasteiger partial charge in [0, 0.05) is 12.6 Å². The molecule has 0 saturated heterocycles. The normalized spacial score (nSPS) is 11.9. The van der Waals surface area contributed by atoms with Gasteiger partial charge in [0.2, 0.25) is 0 Å². The molecule has 0 spiro atoms. The molecule has 2 N–H and O–H groups in total. The second-order valence-electron chi connectivity index (χ2n) is 5.25. The fourth-order valence-corrected chi connectivity index (χ4v) is 2.19. The number of aliphatic hydroxyl groups excluding tert-OH is 1. The van der Waals surface area contributed by atoms with Gasteiger partial charge in [-0.05, 0) is 18.1 Å². The van der Waals surface area contributed by atoms with Crippen LogP contribution in [0.3, 0.4) is 0 Å². The van der Waals surface area contributed by atoms with Crippen LogP contribution in [0.4, 0.5) is 0 Å². The number of benzene rings is 1. The minimum atomic E-state index is -0.512. The fourth-order valence-electron chi connectivity index (χ4n) is 2.19. The summed E-state index contributed by atoms with van der Waals surface area (Å²) in [5.41, 5.74) is 0.745. The monoisotopic (exact) mass is 315 g/mol. The SMILES string of the molecule is CCCCn1nc(C(=O)N[C@H](CO)c2ccccc2)ccc1=O. The first-order valence-electron chi connectivity index (χ1n) is 7.70. The van der Waals surface area contributed by atoms with Crippen LogP contribution in [0.5, 0.6) is 0 Å². The van der Waals surface area contributed by atoms with E-state index >= 15 is 0 Å². The zero-order valence-electron chi connectivity index (χ0n) is 13.1. The fraction of sp³-hybridized carbons (Fsp3) is 0.353. The number of carbonyl (C=O) groups excluding carboxylic acids is 1. The Kier molecular flexibility index (Phi) is 6.05. The Morgan fingerprint density at radius 2 is 2.00 bits per heavy atom. The van der Waals surface area contributed by atoms with Crippen molar-refractivity contribution in [2.45, 2.75) is 32.4 Å². The van der Waals surface area contributed by atoms with E-state index in [0.717, 1.165) is 18.4 Å². The lowest BCUT2D eigenvalue weighted by Gasteiger charge is -2.16. The van der Waals surface area contributed by atoms with E-state index in [2.05, 4.69) is 10.4 Å². The highest BCUT2D eigenvalue weighted by Gasteiger charge is 2.16. The third kappa shape index (κ3) is 4.50. The lowest BCUT2D eigenvalue weighted by molar-refractivity contribution is 0.0908. The number of nitrogens with zero attached hydrogens (tertiary/aromatic N) is 2. The Balaban J connectivity index is 2.15. The third-order valence-electron chi connectivity index (χ3n) is 3.51. The molecule has 1 aromatic heterocycles. The Morgan fingerprint density at radius 3 is 2.65 bits per heavy atom. The number of carbonyl (C=O) groups is 1. The number of aliphatic hydroxyl groups is 1. The van der Waals surface area contributed by atoms with Gasteiger partial charge in [-0.3, -0.25) is 9.59 Å². The average molecular weight is 315 g/mol. The highest BCUT2D eigenvalue weighted by atomic mass is 16.3. The molecule has 23 heavy (non-hydrogen) atoms. The summed E-state index contributed by atoms with van der Waals surface area (Å²) in [7, 11) is 0. The van der Waals surface area contributed by atoms with Crippen LogP contribution in [0.2, 0.25) is 0 Å². The first kappa shape index (κ1) is 16.9. The van der Waals surface area contributed by atoms with E-state index in [-0.39, 0.29) is 17.9 Å². The molecule has 1 amide bonds. The zero-order valence-corrected chi connectivity index (χ0v) is 13.1. The van der Waals surface area contributed by atoms with Crippen molar-refractivity contribution in [1.82, 2.24) is 15.1 Å². The Hall–Kier alpha value is -2.47. The largest absolute Gasteiger partial charge is 0.394 e. The summed E-state index contributed by atoms with van der Waals surface area (Å²) in [4.78, 5) is 24.1. The predicted molar refractivity (Wildman–Crippen MR) is 87.1 cm³/mol. The van der Waals surface area contributed by atoms with Crippen molar-refractivity contribution in [1.29, 1.82) is 0 Å². The summed E-state index contributed by atoms with van der Waals surface area (Å²) >= 11 is 0. The van der Waals surface area contributed by atoms with Crippen molar-refractivity contribution in [3.63, 3.8) is 0 Å². The summed E-state index contributed by atoms with van der Waals surface area (Å²) in [5, 5.41) is 16.3. The van der Waals surface area contributed by atoms with Gasteiger partial charge in [0.05, 0.1) is 12.6 Å². The van der Waals surface area contributed by atoms with Crippen LogP contribution in [0.1, 0.15) is 41.9 Å². The lowest BCUT2D eigenvalue weighted by atomic mass is 10.1. The average Bonchev–Trinajstić information content (AvgIpc) is 2.59. The van der Waals surface area contributed by atoms with E-state index in [4.69, 9.17) is 0 Å². The number of aryl methyl sites for hydroxylation is 1. The summed E-state index contributed by atoms with van der Waals surface area (Å²) in [6, 6.07) is 11.4. The second kappa shape index (κ2) is 8.24. The number of amides is 1. The molecule has 0 aliphatic carbocycles. The Labute approximate surface area is 134 Å². The van der Waals surface area contributed by atoms with Crippen LogP contribution in [0, 0.1) is 0 Å². The number of hydrogen-bond acceptors (Lipinski definition) is 4. The van der Waals surface area contributed by atoms with Gasteiger partial charge in [0.1, 0.15) is 5.69 Å². The molecule has 1 atom stereocenters. The third-order valence-corrected chi connectivity index (χ3v) is 3.51. The van der Waals surface area contributed by atoms with E-state index in [1.165, 1.54) is 16.8 Å². The van der Waals surface area contributed by atoms with Gasteiger partial charge >= 0.3 is 0 Å². The van der Waals surface area contributed by atoms with Crippen LogP contribution in [0.25, 0.3) is 0 Å². The number of rotatable bonds is 7. The number of aromatic nitrogens is 2. The molecule has 2 aromatic rings. The van der Waals surface area contributed by atoms with Gasteiger partial charge in [-0.15, -0.1) is 0 Å². The van der Waals surface area contributed by atoms with Crippen molar-refractivity contribution < 1.29 is 9.90 Å². The minimum absolute atomic E-state index is 0.162. The van der Waals surface area contributed by atoms with Crippen LogP contribution in [-0.2, 0) is 6.54 Å². The van der Waals surface area contributed by atoms with Crippen LogP contribution < -0.4 is 10.9 Å². The molecule has 0 saturated carbocycles. The van der Waals surface area contributed by atoms with Crippen LogP contribution in [0.15, 0.2) is 47.3 Å². The molecule has 122 valence electrons. The highest BCUT2D eigenvalue weighted by molar-refractivity contribution is 5.92. The quantitative estimate of drug-likeness (QED) is 0.811. The zero-order chi connectivity index (χ0) is 16.7. The maximum absolute atomic E-state index is 12.3. The standard InChI is InChI=1S/C17H21N3O3/c1-2-3-11-20-16(22)10-9-14(19-20)17(23)18-15(12-21)13-7-5-4-6-8-13/h4-10,15,21H,2-3,11-12H2,1H3,(H,18,23)/t15-/m1/s1. The number of hydrogen-bond donors (Lipinski definition) is 2. The molecule has 0 fully saturated rings. The highest BCUT2D eigenvalue weighted by Crippen LogP contribution is 2.12. The molecular formula is C17H21N3O3. The first-order chi connectivity index (χ1) is 11.2. The van der Waals surface area contributed by atoms with Gasteiger partial charge < -0.3 is 10.4 Å². The predicted octanol–water partition coefficient (Wildman–Crippen LogP) is 1.51. The molecule has 1 heterocycles. The Bertz CT molecular complexity index is 698. The van der Waals surface area contributed by atoms with Crippen molar-refractivity contribution in [3.05, 3.63) is 64.1 Å². The molecule has 1 aromatic carbocycles. The summed E-state index contributed by atoms with van der Waals surface area (Å²) in [6.45, 7) is 2.29. The van der Waals surface area contributed by atoms with E-state index < -0.39 is 11.9 Å². The van der Waals surface area contributed by atoms with Crippen LogP contribution in [-0.4, -0.2) is 27.4 Å². The molecule has 0 aliphatic rings. The van der Waals surface area contributed by atoms with Crippen molar-refractivity contribution >= 4 is 5.91 Å². The van der Waals surface area contributed by atoms with Crippen molar-refractivity contribution in [2.75, 3.05) is 6.61 Å². The molecular weight excluding hydrogens is 294 g/mol. The maximum atomic E-state index is 12.3. The summed E-state index contributed by atoms with van der Waals surface area (Å²) < 4.78 is 1.30. The van der Waals surface area contributed by atoms with Crippen molar-refractivity contribution in [3.8, 4) is 0 Å². The topological polar surface area (TPSA) is 84.2 Å². The van der Waals surface area contributed by atoms with Gasteiger partial charge in [-0.2, -0.15) is 5.10 Å². The van der Waals surface area contributed by atoms with E-state index in [9.17, 15) is 14.7 Å². The molecule has 2 rings (SSSR count). The van der Waals surface area contributed by atoms with Crippen molar-refractivity contribution in [2.24, 2.45) is 0 Å². The second-order valence-corrected chi connectivity index (χ2v) is 5.25. The smallest absolute Gasteiger partial charge is 0.272 e. The summed E-state index contributed by atoms with van der Waals surface area (Å²) in [6.07, 6.45) is 1.76. The van der Waals surface area contributed by atoms with Gasteiger partial charge in [-0.25, -0.2) is 4.68 Å². The van der Waals surface area contributed by atoms with E-state index in [1.807, 2.05) is 37.3 Å². The Morgan fingerprint density at radius 1 is 1.26 bits per heavy atom. The lowest BCUT2D eigenvalue weighted by Crippen LogP contribution is -2.33. The number of unbranched alkanes of at least 4 members (excludes halogenated alkanes) is 1. The first-order valence-corrected chi connectivity index (χ1v) is 7.70. The molecule has 0 unspecified atom stereocenters.